The molecule has 1 aromatic heterocycles. The van der Waals surface area contributed by atoms with Crippen molar-refractivity contribution in [3.63, 3.8) is 0 Å². The van der Waals surface area contributed by atoms with Gasteiger partial charge in [0.25, 0.3) is 0 Å². The van der Waals surface area contributed by atoms with Gasteiger partial charge >= 0.3 is 6.21 Å². The van der Waals surface area contributed by atoms with Crippen LogP contribution in [0.25, 0.3) is 5.53 Å². The van der Waals surface area contributed by atoms with E-state index >= 15 is 0 Å². The van der Waals surface area contributed by atoms with Crippen LogP contribution < -0.4 is 0 Å². The van der Waals surface area contributed by atoms with Crippen molar-refractivity contribution in [1.29, 1.82) is 0 Å². The van der Waals surface area contributed by atoms with Crippen LogP contribution in [0.4, 0.5) is 0 Å². The maximum absolute atomic E-state index is 10.8. The molecule has 0 unspecified atom stereocenters. The van der Waals surface area contributed by atoms with Crippen molar-refractivity contribution in [2.75, 3.05) is 0 Å². The number of hydrogen-bond donors (Lipinski definition) is 0. The number of nitrogens with zero attached hydrogens (tertiary/aromatic N) is 2. The smallest absolute Gasteiger partial charge is 0.323 e. The van der Waals surface area contributed by atoms with E-state index in [1.165, 1.54) is 0 Å². The lowest BCUT2D eigenvalue weighted by atomic mass is 10.1. The van der Waals surface area contributed by atoms with E-state index in [0.717, 1.165) is 18.4 Å². The molecule has 0 spiro atoms. The Kier molecular flexibility index (Phi) is 3.67. The molecule has 0 saturated heterocycles. The first kappa shape index (κ1) is 9.42. The zero-order valence-corrected chi connectivity index (χ0v) is 7.14. The molecule has 0 radical (unpaired) electrons. The Labute approximate surface area is 75.8 Å². The van der Waals surface area contributed by atoms with E-state index in [9.17, 15) is 4.79 Å². The fraction of sp³-hybridized carbons (Fsp3) is 0.333. The number of carbonyl (C=O) groups excluding carboxylic acids is 1. The van der Waals surface area contributed by atoms with Crippen LogP contribution in [0.3, 0.4) is 0 Å². The van der Waals surface area contributed by atoms with E-state index in [4.69, 9.17) is 9.95 Å². The highest BCUT2D eigenvalue weighted by Crippen LogP contribution is 2.05. The molecule has 0 N–H and O–H groups in total. The second kappa shape index (κ2) is 5.06. The van der Waals surface area contributed by atoms with Crippen LogP contribution in [0.15, 0.2) is 22.8 Å². The fourth-order valence-electron chi connectivity index (χ4n) is 1.02. The molecule has 0 amide bonds. The second-order valence-corrected chi connectivity index (χ2v) is 2.64. The Morgan fingerprint density at radius 1 is 1.69 bits per heavy atom. The van der Waals surface area contributed by atoms with Gasteiger partial charge in [-0.3, -0.25) is 4.79 Å². The maximum atomic E-state index is 10.8. The van der Waals surface area contributed by atoms with Gasteiger partial charge in [0.05, 0.1) is 6.26 Å². The molecule has 4 nitrogen and oxygen atoms in total. The van der Waals surface area contributed by atoms with E-state index in [1.807, 2.05) is 12.1 Å². The fourth-order valence-corrected chi connectivity index (χ4v) is 1.02. The van der Waals surface area contributed by atoms with Crippen molar-refractivity contribution in [1.82, 2.24) is 0 Å². The lowest BCUT2D eigenvalue weighted by molar-refractivity contribution is -0.116. The molecule has 0 atom stereocenters. The predicted molar refractivity (Wildman–Crippen MR) is 46.3 cm³/mol. The molecular weight excluding hydrogens is 168 g/mol. The van der Waals surface area contributed by atoms with Crippen molar-refractivity contribution >= 4 is 12.0 Å². The van der Waals surface area contributed by atoms with Crippen LogP contribution in [0, 0.1) is 0 Å². The summed E-state index contributed by atoms with van der Waals surface area (Å²) in [4.78, 5) is 13.5. The molecule has 4 heteroatoms. The molecule has 0 saturated carbocycles. The standard InChI is InChI=1S/C9H10N2O2/c10-11-7-8(12)3-1-4-9-5-2-6-13-9/h2,5-7H,1,3-4H2. The van der Waals surface area contributed by atoms with Crippen molar-refractivity contribution in [2.45, 2.75) is 19.3 Å². The third kappa shape index (κ3) is 3.49. The molecule has 0 aliphatic rings. The van der Waals surface area contributed by atoms with Gasteiger partial charge in [-0.25, -0.2) is 0 Å². The quantitative estimate of drug-likeness (QED) is 0.389. The van der Waals surface area contributed by atoms with Gasteiger partial charge in [-0.15, -0.1) is 0 Å². The van der Waals surface area contributed by atoms with Gasteiger partial charge in [-0.05, 0) is 18.6 Å². The second-order valence-electron chi connectivity index (χ2n) is 2.64. The highest BCUT2D eigenvalue weighted by molar-refractivity contribution is 6.25. The number of aryl methyl sites for hydroxylation is 1. The van der Waals surface area contributed by atoms with E-state index in [1.54, 1.807) is 6.26 Å². The number of rotatable bonds is 5. The highest BCUT2D eigenvalue weighted by atomic mass is 16.3. The summed E-state index contributed by atoms with van der Waals surface area (Å²) in [5.41, 5.74) is 8.05. The van der Waals surface area contributed by atoms with Gasteiger partial charge in [-0.2, -0.15) is 4.79 Å². The van der Waals surface area contributed by atoms with Crippen LogP contribution in [0.2, 0.25) is 0 Å². The van der Waals surface area contributed by atoms with Gasteiger partial charge in [-0.1, -0.05) is 0 Å². The number of Topliss-reactive ketones (excluding diaryl/α,β-unsaturated/α-hetero) is 1. The van der Waals surface area contributed by atoms with Gasteiger partial charge in [0, 0.05) is 12.8 Å². The summed E-state index contributed by atoms with van der Waals surface area (Å²) >= 11 is 0. The van der Waals surface area contributed by atoms with Crippen molar-refractivity contribution in [3.8, 4) is 0 Å². The molecule has 68 valence electrons. The highest BCUT2D eigenvalue weighted by Gasteiger charge is 2.03. The maximum Gasteiger partial charge on any atom is 0.323 e. The Hall–Kier alpha value is -1.67. The Morgan fingerprint density at radius 2 is 2.54 bits per heavy atom. The van der Waals surface area contributed by atoms with E-state index in [0.29, 0.717) is 12.8 Å². The average Bonchev–Trinajstić information content (AvgIpc) is 2.57. The average molecular weight is 178 g/mol. The zero-order chi connectivity index (χ0) is 9.52. The van der Waals surface area contributed by atoms with Crippen LogP contribution in [-0.4, -0.2) is 16.8 Å². The molecule has 13 heavy (non-hydrogen) atoms. The van der Waals surface area contributed by atoms with Gasteiger partial charge in [0.2, 0.25) is 5.78 Å². The van der Waals surface area contributed by atoms with E-state index in [-0.39, 0.29) is 5.78 Å². The molecule has 1 aromatic rings. The first-order chi connectivity index (χ1) is 6.33. The summed E-state index contributed by atoms with van der Waals surface area (Å²) in [5, 5.41) is 0. The number of hydrogen-bond acceptors (Lipinski definition) is 2. The molecule has 0 fully saturated rings. The zero-order valence-electron chi connectivity index (χ0n) is 7.14. The van der Waals surface area contributed by atoms with Gasteiger partial charge in [0.15, 0.2) is 0 Å². The monoisotopic (exact) mass is 178 g/mol. The van der Waals surface area contributed by atoms with Crippen LogP contribution in [0.1, 0.15) is 18.6 Å². The SMILES string of the molecule is [N-]=[N+]=CC(=O)CCCc1ccco1. The van der Waals surface area contributed by atoms with E-state index < -0.39 is 0 Å². The first-order valence-electron chi connectivity index (χ1n) is 4.05. The Balaban J connectivity index is 2.21. The first-order valence-corrected chi connectivity index (χ1v) is 4.05. The molecule has 1 rings (SSSR count). The van der Waals surface area contributed by atoms with Gasteiger partial charge in [0.1, 0.15) is 5.76 Å². The molecular formula is C9H10N2O2. The lowest BCUT2D eigenvalue weighted by Crippen LogP contribution is -2.00. The number of ketones is 1. The Morgan fingerprint density at radius 3 is 3.15 bits per heavy atom. The van der Waals surface area contributed by atoms with E-state index in [2.05, 4.69) is 4.79 Å². The summed E-state index contributed by atoms with van der Waals surface area (Å²) in [6.07, 6.45) is 4.34. The molecule has 0 bridgehead atoms. The molecule has 0 aliphatic heterocycles. The minimum atomic E-state index is -0.172. The molecule has 0 aromatic carbocycles. The van der Waals surface area contributed by atoms with Crippen molar-refractivity contribution in [3.05, 3.63) is 29.7 Å². The number of furan rings is 1. The summed E-state index contributed by atoms with van der Waals surface area (Å²) in [6.45, 7) is 0. The minimum absolute atomic E-state index is 0.172. The molecule has 1 heterocycles. The largest absolute Gasteiger partial charge is 0.469 e. The third-order valence-corrected chi connectivity index (χ3v) is 1.63. The normalized spacial score (nSPS) is 9.23. The number of carbonyl (C=O) groups is 1. The van der Waals surface area contributed by atoms with Crippen molar-refractivity contribution < 1.29 is 14.0 Å². The summed E-state index contributed by atoms with van der Waals surface area (Å²) in [7, 11) is 0. The topological polar surface area (TPSA) is 66.6 Å². The lowest BCUT2D eigenvalue weighted by Gasteiger charge is -1.91. The Bertz CT molecular complexity index is 310. The summed E-state index contributed by atoms with van der Waals surface area (Å²) in [6, 6.07) is 3.68. The van der Waals surface area contributed by atoms with Crippen LogP contribution in [0.5, 0.6) is 0 Å². The van der Waals surface area contributed by atoms with Crippen LogP contribution >= 0.6 is 0 Å². The van der Waals surface area contributed by atoms with Crippen LogP contribution in [-0.2, 0) is 11.2 Å². The van der Waals surface area contributed by atoms with Crippen molar-refractivity contribution in [2.24, 2.45) is 0 Å². The van der Waals surface area contributed by atoms with Gasteiger partial charge < -0.3 is 9.95 Å². The predicted octanol–water partition coefficient (Wildman–Crippen LogP) is 1.47. The third-order valence-electron chi connectivity index (χ3n) is 1.63. The summed E-state index contributed by atoms with van der Waals surface area (Å²) in [5.74, 6) is 0.697. The minimum Gasteiger partial charge on any atom is -0.469 e. The molecule has 0 aliphatic carbocycles. The summed E-state index contributed by atoms with van der Waals surface area (Å²) < 4.78 is 5.08.